The summed E-state index contributed by atoms with van der Waals surface area (Å²) in [5.74, 6) is 0.529. The van der Waals surface area contributed by atoms with E-state index < -0.39 is 0 Å². The molecule has 1 fully saturated rings. The Kier molecular flexibility index (Phi) is 9.54. The van der Waals surface area contributed by atoms with E-state index in [1.54, 1.807) is 17.9 Å². The van der Waals surface area contributed by atoms with Crippen LogP contribution in [0.25, 0.3) is 0 Å². The Labute approximate surface area is 165 Å². The molecule has 6 nitrogen and oxygen atoms in total. The van der Waals surface area contributed by atoms with Gasteiger partial charge in [0.1, 0.15) is 5.82 Å². The number of piperazine rings is 1. The highest BCUT2D eigenvalue weighted by molar-refractivity contribution is 14.0. The van der Waals surface area contributed by atoms with Crippen LogP contribution in [0.1, 0.15) is 19.4 Å². The Bertz CT molecular complexity index is 578. The van der Waals surface area contributed by atoms with E-state index in [2.05, 4.69) is 15.2 Å². The topological polar surface area (TPSA) is 57.2 Å². The molecule has 1 saturated heterocycles. The molecule has 25 heavy (non-hydrogen) atoms. The van der Waals surface area contributed by atoms with Gasteiger partial charge in [-0.3, -0.25) is 0 Å². The predicted octanol–water partition coefficient (Wildman–Crippen LogP) is 2.68. The number of hydrogen-bond donors (Lipinski definition) is 1. The smallest absolute Gasteiger partial charge is 0.409 e. The minimum absolute atomic E-state index is 0. The summed E-state index contributed by atoms with van der Waals surface area (Å²) in [5, 5.41) is 3.25. The largest absolute Gasteiger partial charge is 0.450 e. The van der Waals surface area contributed by atoms with E-state index in [1.807, 2.05) is 13.0 Å². The summed E-state index contributed by atoms with van der Waals surface area (Å²) in [4.78, 5) is 20.1. The van der Waals surface area contributed by atoms with Crippen LogP contribution in [-0.4, -0.2) is 61.2 Å². The van der Waals surface area contributed by atoms with Crippen LogP contribution >= 0.6 is 24.0 Å². The third kappa shape index (κ3) is 6.68. The molecule has 140 valence electrons. The fourth-order valence-electron chi connectivity index (χ4n) is 2.54. The molecule has 0 unspecified atom stereocenters. The van der Waals surface area contributed by atoms with E-state index in [1.165, 1.54) is 12.1 Å². The van der Waals surface area contributed by atoms with Crippen molar-refractivity contribution >= 4 is 36.0 Å². The SMILES string of the molecule is CCNC(=NCc1cccc(F)c1)N1CCN(C(=O)OCC)CC1.I. The molecule has 0 radical (unpaired) electrons. The van der Waals surface area contributed by atoms with E-state index >= 15 is 0 Å². The van der Waals surface area contributed by atoms with Gasteiger partial charge in [-0.2, -0.15) is 0 Å². The Hall–Kier alpha value is -1.58. The molecule has 1 aliphatic heterocycles. The van der Waals surface area contributed by atoms with Crippen molar-refractivity contribution in [2.24, 2.45) is 4.99 Å². The average molecular weight is 464 g/mol. The number of halogens is 2. The lowest BCUT2D eigenvalue weighted by molar-refractivity contribution is 0.0914. The number of amides is 1. The van der Waals surface area contributed by atoms with Crippen LogP contribution in [0.3, 0.4) is 0 Å². The molecule has 8 heteroatoms. The molecular formula is C17H26FIN4O2. The van der Waals surface area contributed by atoms with Gasteiger partial charge in [0, 0.05) is 32.7 Å². The highest BCUT2D eigenvalue weighted by atomic mass is 127. The maximum atomic E-state index is 13.3. The van der Waals surface area contributed by atoms with Gasteiger partial charge in [0.25, 0.3) is 0 Å². The monoisotopic (exact) mass is 464 g/mol. The Balaban J connectivity index is 0.00000312. The normalized spacial score (nSPS) is 14.8. The summed E-state index contributed by atoms with van der Waals surface area (Å²) in [6, 6.07) is 6.46. The molecule has 1 aliphatic rings. The molecule has 1 heterocycles. The summed E-state index contributed by atoms with van der Waals surface area (Å²) < 4.78 is 18.3. The first-order chi connectivity index (χ1) is 11.6. The number of carbonyl (C=O) groups is 1. The van der Waals surface area contributed by atoms with Crippen molar-refractivity contribution in [2.45, 2.75) is 20.4 Å². The van der Waals surface area contributed by atoms with Crippen molar-refractivity contribution in [3.8, 4) is 0 Å². The number of ether oxygens (including phenoxy) is 1. The zero-order valence-corrected chi connectivity index (χ0v) is 17.0. The first-order valence-electron chi connectivity index (χ1n) is 8.33. The van der Waals surface area contributed by atoms with Gasteiger partial charge in [-0.05, 0) is 31.5 Å². The molecule has 0 saturated carbocycles. The van der Waals surface area contributed by atoms with Crippen LogP contribution in [0, 0.1) is 5.82 Å². The van der Waals surface area contributed by atoms with Crippen molar-refractivity contribution in [1.29, 1.82) is 0 Å². The van der Waals surface area contributed by atoms with Crippen LogP contribution in [0.4, 0.5) is 9.18 Å². The Morgan fingerprint density at radius 3 is 2.52 bits per heavy atom. The standard InChI is InChI=1S/C17H25FN4O2.HI/c1-3-19-16(20-13-14-6-5-7-15(18)12-14)21-8-10-22(11-9-21)17(23)24-4-2;/h5-7,12H,3-4,8-11,13H2,1-2H3,(H,19,20);1H. The number of hydrogen-bond acceptors (Lipinski definition) is 3. The van der Waals surface area contributed by atoms with Gasteiger partial charge in [0.15, 0.2) is 5.96 Å². The van der Waals surface area contributed by atoms with E-state index in [4.69, 9.17) is 4.74 Å². The molecular weight excluding hydrogens is 438 g/mol. The first kappa shape index (κ1) is 21.5. The lowest BCUT2D eigenvalue weighted by Gasteiger charge is -2.35. The zero-order valence-electron chi connectivity index (χ0n) is 14.7. The molecule has 0 spiro atoms. The molecule has 1 N–H and O–H groups in total. The molecule has 0 aromatic heterocycles. The van der Waals surface area contributed by atoms with Gasteiger partial charge in [-0.1, -0.05) is 12.1 Å². The second-order valence-corrected chi connectivity index (χ2v) is 5.47. The maximum absolute atomic E-state index is 13.3. The molecule has 0 aliphatic carbocycles. The van der Waals surface area contributed by atoms with Crippen LogP contribution in [0.15, 0.2) is 29.3 Å². The lowest BCUT2D eigenvalue weighted by Crippen LogP contribution is -2.53. The van der Waals surface area contributed by atoms with Crippen molar-refractivity contribution in [3.05, 3.63) is 35.6 Å². The summed E-state index contributed by atoms with van der Waals surface area (Å²) in [6.45, 7) is 7.94. The van der Waals surface area contributed by atoms with E-state index in [0.29, 0.717) is 39.3 Å². The summed E-state index contributed by atoms with van der Waals surface area (Å²) in [7, 11) is 0. The third-order valence-corrected chi connectivity index (χ3v) is 3.74. The first-order valence-corrected chi connectivity index (χ1v) is 8.33. The second kappa shape index (κ2) is 11.1. The van der Waals surface area contributed by atoms with Crippen LogP contribution < -0.4 is 5.32 Å². The number of nitrogens with one attached hydrogen (secondary N) is 1. The predicted molar refractivity (Wildman–Crippen MR) is 107 cm³/mol. The van der Waals surface area contributed by atoms with Gasteiger partial charge in [0.2, 0.25) is 0 Å². The molecule has 1 amide bonds. The number of carbonyl (C=O) groups excluding carboxylic acids is 1. The minimum Gasteiger partial charge on any atom is -0.450 e. The zero-order chi connectivity index (χ0) is 17.4. The van der Waals surface area contributed by atoms with Crippen LogP contribution in [0.5, 0.6) is 0 Å². The molecule has 1 aromatic carbocycles. The van der Waals surface area contributed by atoms with Crippen LogP contribution in [-0.2, 0) is 11.3 Å². The van der Waals surface area contributed by atoms with Gasteiger partial charge in [-0.15, -0.1) is 24.0 Å². The summed E-state index contributed by atoms with van der Waals surface area (Å²) in [6.07, 6.45) is -0.265. The average Bonchev–Trinajstić information content (AvgIpc) is 2.59. The van der Waals surface area contributed by atoms with E-state index in [9.17, 15) is 9.18 Å². The maximum Gasteiger partial charge on any atom is 0.409 e. The highest BCUT2D eigenvalue weighted by Gasteiger charge is 2.23. The highest BCUT2D eigenvalue weighted by Crippen LogP contribution is 2.08. The van der Waals surface area contributed by atoms with Crippen molar-refractivity contribution in [2.75, 3.05) is 39.3 Å². The van der Waals surface area contributed by atoms with E-state index in [-0.39, 0.29) is 35.9 Å². The number of aliphatic imine (C=N–C) groups is 1. The number of nitrogens with zero attached hydrogens (tertiary/aromatic N) is 3. The summed E-state index contributed by atoms with van der Waals surface area (Å²) >= 11 is 0. The van der Waals surface area contributed by atoms with Crippen LogP contribution in [0.2, 0.25) is 0 Å². The lowest BCUT2D eigenvalue weighted by atomic mass is 10.2. The van der Waals surface area contributed by atoms with Crippen molar-refractivity contribution in [1.82, 2.24) is 15.1 Å². The number of guanidine groups is 1. The fourth-order valence-corrected chi connectivity index (χ4v) is 2.54. The van der Waals surface area contributed by atoms with E-state index in [0.717, 1.165) is 18.1 Å². The molecule has 0 atom stereocenters. The quantitative estimate of drug-likeness (QED) is 0.423. The number of rotatable bonds is 4. The third-order valence-electron chi connectivity index (χ3n) is 3.74. The van der Waals surface area contributed by atoms with Gasteiger partial charge in [-0.25, -0.2) is 14.2 Å². The Morgan fingerprint density at radius 2 is 1.92 bits per heavy atom. The second-order valence-electron chi connectivity index (χ2n) is 5.47. The summed E-state index contributed by atoms with van der Waals surface area (Å²) in [5.41, 5.74) is 0.829. The molecule has 0 bridgehead atoms. The molecule has 1 aromatic rings. The van der Waals surface area contributed by atoms with Gasteiger partial charge in [0.05, 0.1) is 13.2 Å². The van der Waals surface area contributed by atoms with Gasteiger partial charge >= 0.3 is 6.09 Å². The number of benzene rings is 1. The Morgan fingerprint density at radius 1 is 1.24 bits per heavy atom. The minimum atomic E-state index is -0.265. The fraction of sp³-hybridized carbons (Fsp3) is 0.529. The molecule has 2 rings (SSSR count). The van der Waals surface area contributed by atoms with Gasteiger partial charge < -0.3 is 19.9 Å². The van der Waals surface area contributed by atoms with Crippen molar-refractivity contribution < 1.29 is 13.9 Å². The van der Waals surface area contributed by atoms with Crippen molar-refractivity contribution in [3.63, 3.8) is 0 Å².